The number of hydrogen-bond donors (Lipinski definition) is 2. The topological polar surface area (TPSA) is 48.9 Å². The lowest BCUT2D eigenvalue weighted by molar-refractivity contribution is 0.144. The van der Waals surface area contributed by atoms with Gasteiger partial charge in [-0.15, -0.1) is 24.0 Å². The van der Waals surface area contributed by atoms with Crippen molar-refractivity contribution in [2.24, 2.45) is 4.99 Å². The summed E-state index contributed by atoms with van der Waals surface area (Å²) in [6, 6.07) is 8.57. The Kier molecular flexibility index (Phi) is 11.4. The first-order valence-electron chi connectivity index (χ1n) is 8.73. The van der Waals surface area contributed by atoms with Crippen LogP contribution in [0.25, 0.3) is 0 Å². The standard InChI is InChI=1S/C18H29ClN4O.HI/c1-3-20-18(22-14-15-6-4-5-7-17(15)19)21-10-11-23(12-13-24-2)16-8-9-16;/h4-7,16H,3,8-14H2,1-2H3,(H2,20,21,22);1H. The summed E-state index contributed by atoms with van der Waals surface area (Å²) in [5, 5.41) is 7.46. The normalized spacial score (nSPS) is 14.3. The van der Waals surface area contributed by atoms with E-state index in [1.54, 1.807) is 7.11 Å². The van der Waals surface area contributed by atoms with Gasteiger partial charge >= 0.3 is 0 Å². The highest BCUT2D eigenvalue weighted by molar-refractivity contribution is 14.0. The first kappa shape index (κ1) is 22.5. The Morgan fingerprint density at radius 2 is 2.04 bits per heavy atom. The maximum absolute atomic E-state index is 6.19. The molecule has 7 heteroatoms. The molecule has 142 valence electrons. The number of ether oxygens (including phenoxy) is 1. The molecule has 0 atom stereocenters. The fourth-order valence-corrected chi connectivity index (χ4v) is 2.77. The van der Waals surface area contributed by atoms with E-state index in [-0.39, 0.29) is 24.0 Å². The molecule has 2 rings (SSSR count). The van der Waals surface area contributed by atoms with Gasteiger partial charge in [0.05, 0.1) is 13.2 Å². The van der Waals surface area contributed by atoms with Crippen LogP contribution in [0.2, 0.25) is 5.02 Å². The van der Waals surface area contributed by atoms with Crippen molar-refractivity contribution in [3.8, 4) is 0 Å². The minimum atomic E-state index is 0. The number of benzene rings is 1. The third-order valence-electron chi connectivity index (χ3n) is 4.05. The third-order valence-corrected chi connectivity index (χ3v) is 4.42. The van der Waals surface area contributed by atoms with Crippen LogP contribution in [-0.2, 0) is 11.3 Å². The Bertz CT molecular complexity index is 526. The summed E-state index contributed by atoms with van der Waals surface area (Å²) >= 11 is 6.19. The van der Waals surface area contributed by atoms with Crippen LogP contribution in [0.5, 0.6) is 0 Å². The lowest BCUT2D eigenvalue weighted by Crippen LogP contribution is -2.42. The number of guanidine groups is 1. The molecule has 0 aromatic heterocycles. The quantitative estimate of drug-likeness (QED) is 0.307. The second-order valence-corrected chi connectivity index (χ2v) is 6.38. The predicted molar refractivity (Wildman–Crippen MR) is 116 cm³/mol. The molecule has 5 nitrogen and oxygen atoms in total. The molecule has 2 N–H and O–H groups in total. The van der Waals surface area contributed by atoms with E-state index in [1.165, 1.54) is 12.8 Å². The van der Waals surface area contributed by atoms with Crippen LogP contribution in [0.15, 0.2) is 29.3 Å². The molecule has 0 radical (unpaired) electrons. The van der Waals surface area contributed by atoms with Crippen molar-refractivity contribution in [2.75, 3.05) is 39.9 Å². The fourth-order valence-electron chi connectivity index (χ4n) is 2.58. The summed E-state index contributed by atoms with van der Waals surface area (Å²) in [5.74, 6) is 0.833. The summed E-state index contributed by atoms with van der Waals surface area (Å²) in [7, 11) is 1.76. The first-order chi connectivity index (χ1) is 11.7. The number of aliphatic imine (C=N–C) groups is 1. The summed E-state index contributed by atoms with van der Waals surface area (Å²) in [6.45, 7) is 7.14. The molecule has 1 aliphatic carbocycles. The van der Waals surface area contributed by atoms with Crippen LogP contribution in [0.1, 0.15) is 25.3 Å². The molecule has 25 heavy (non-hydrogen) atoms. The van der Waals surface area contributed by atoms with E-state index >= 15 is 0 Å². The van der Waals surface area contributed by atoms with Crippen LogP contribution in [-0.4, -0.2) is 56.8 Å². The molecule has 0 heterocycles. The van der Waals surface area contributed by atoms with E-state index in [4.69, 9.17) is 16.3 Å². The van der Waals surface area contributed by atoms with Crippen LogP contribution in [0.3, 0.4) is 0 Å². The number of hydrogen-bond acceptors (Lipinski definition) is 3. The number of nitrogens with one attached hydrogen (secondary N) is 2. The first-order valence-corrected chi connectivity index (χ1v) is 9.11. The predicted octanol–water partition coefficient (Wildman–Crippen LogP) is 3.12. The van der Waals surface area contributed by atoms with E-state index in [9.17, 15) is 0 Å². The van der Waals surface area contributed by atoms with E-state index in [0.29, 0.717) is 6.54 Å². The van der Waals surface area contributed by atoms with E-state index in [2.05, 4.69) is 27.4 Å². The summed E-state index contributed by atoms with van der Waals surface area (Å²) in [4.78, 5) is 7.12. The molecule has 1 fully saturated rings. The molecule has 1 aromatic rings. The van der Waals surface area contributed by atoms with Gasteiger partial charge in [-0.3, -0.25) is 4.90 Å². The molecule has 0 bridgehead atoms. The van der Waals surface area contributed by atoms with Crippen molar-refractivity contribution in [3.63, 3.8) is 0 Å². The molecule has 0 unspecified atom stereocenters. The van der Waals surface area contributed by atoms with E-state index < -0.39 is 0 Å². The van der Waals surface area contributed by atoms with Crippen LogP contribution in [0.4, 0.5) is 0 Å². The Hall–Kier alpha value is -0.570. The molecule has 1 aromatic carbocycles. The number of nitrogens with zero attached hydrogens (tertiary/aromatic N) is 2. The maximum atomic E-state index is 6.19. The number of rotatable bonds is 10. The Balaban J connectivity index is 0.00000312. The number of methoxy groups -OCH3 is 1. The Morgan fingerprint density at radius 1 is 1.28 bits per heavy atom. The second-order valence-electron chi connectivity index (χ2n) is 5.97. The Morgan fingerprint density at radius 3 is 2.68 bits per heavy atom. The van der Waals surface area contributed by atoms with Crippen molar-refractivity contribution in [3.05, 3.63) is 34.9 Å². The highest BCUT2D eigenvalue weighted by atomic mass is 127. The maximum Gasteiger partial charge on any atom is 0.191 e. The molecule has 1 saturated carbocycles. The van der Waals surface area contributed by atoms with Gasteiger partial charge in [0, 0.05) is 44.4 Å². The average molecular weight is 481 g/mol. The van der Waals surface area contributed by atoms with Crippen molar-refractivity contribution in [2.45, 2.75) is 32.4 Å². The summed E-state index contributed by atoms with van der Waals surface area (Å²) in [6.07, 6.45) is 2.62. The van der Waals surface area contributed by atoms with Gasteiger partial charge in [0.15, 0.2) is 5.96 Å². The molecule has 0 saturated heterocycles. The van der Waals surface area contributed by atoms with Crippen molar-refractivity contribution < 1.29 is 4.74 Å². The van der Waals surface area contributed by atoms with Crippen molar-refractivity contribution in [1.82, 2.24) is 15.5 Å². The van der Waals surface area contributed by atoms with Crippen LogP contribution >= 0.6 is 35.6 Å². The Labute approximate surface area is 173 Å². The summed E-state index contributed by atoms with van der Waals surface area (Å²) in [5.41, 5.74) is 1.04. The second kappa shape index (κ2) is 12.7. The third kappa shape index (κ3) is 8.57. The average Bonchev–Trinajstić information content (AvgIpc) is 3.42. The minimum Gasteiger partial charge on any atom is -0.383 e. The fraction of sp³-hybridized carbons (Fsp3) is 0.611. The SMILES string of the molecule is CCNC(=NCc1ccccc1Cl)NCCN(CCOC)C1CC1.I. The molecular weight excluding hydrogens is 451 g/mol. The highest BCUT2D eigenvalue weighted by Gasteiger charge is 2.28. The summed E-state index contributed by atoms with van der Waals surface area (Å²) < 4.78 is 5.20. The largest absolute Gasteiger partial charge is 0.383 e. The van der Waals surface area contributed by atoms with Gasteiger partial charge in [0.2, 0.25) is 0 Å². The monoisotopic (exact) mass is 480 g/mol. The smallest absolute Gasteiger partial charge is 0.191 e. The molecule has 0 spiro atoms. The van der Waals surface area contributed by atoms with Crippen LogP contribution in [0, 0.1) is 0 Å². The van der Waals surface area contributed by atoms with Crippen molar-refractivity contribution >= 4 is 41.5 Å². The molecule has 0 amide bonds. The van der Waals surface area contributed by atoms with Gasteiger partial charge in [-0.25, -0.2) is 4.99 Å². The van der Waals surface area contributed by atoms with Crippen molar-refractivity contribution in [1.29, 1.82) is 0 Å². The molecule has 0 aliphatic heterocycles. The van der Waals surface area contributed by atoms with Gasteiger partial charge < -0.3 is 15.4 Å². The van der Waals surface area contributed by atoms with Gasteiger partial charge in [-0.2, -0.15) is 0 Å². The van der Waals surface area contributed by atoms with E-state index in [0.717, 1.165) is 55.4 Å². The molecule has 1 aliphatic rings. The molecular formula is C18H30ClIN4O. The lowest BCUT2D eigenvalue weighted by atomic mass is 10.2. The zero-order valence-electron chi connectivity index (χ0n) is 15.1. The number of halogens is 2. The van der Waals surface area contributed by atoms with Gasteiger partial charge in [0.25, 0.3) is 0 Å². The van der Waals surface area contributed by atoms with Gasteiger partial charge in [-0.05, 0) is 31.4 Å². The minimum absolute atomic E-state index is 0. The zero-order chi connectivity index (χ0) is 17.2. The van der Waals surface area contributed by atoms with Gasteiger partial charge in [0.1, 0.15) is 0 Å². The van der Waals surface area contributed by atoms with E-state index in [1.807, 2.05) is 24.3 Å². The zero-order valence-corrected chi connectivity index (χ0v) is 18.2. The van der Waals surface area contributed by atoms with Crippen LogP contribution < -0.4 is 10.6 Å². The lowest BCUT2D eigenvalue weighted by Gasteiger charge is -2.22. The van der Waals surface area contributed by atoms with Gasteiger partial charge in [-0.1, -0.05) is 29.8 Å². The highest BCUT2D eigenvalue weighted by Crippen LogP contribution is 2.25.